The standard InChI is InChI=1S/C21H35N3O3S/c1-3-24(4-2)28(26,27)20-14-12-18(13-15-20)16-23-21(25)17-22-19-10-8-6-5-7-9-11-19/h12-15,19,22H,3-11,16-17H2,1-2H3,(H,23,25)/p+1. The van der Waals surface area contributed by atoms with Crippen molar-refractivity contribution >= 4 is 15.9 Å². The predicted octanol–water partition coefficient (Wildman–Crippen LogP) is 2.01. The van der Waals surface area contributed by atoms with Crippen LogP contribution in [0.15, 0.2) is 29.2 Å². The van der Waals surface area contributed by atoms with Gasteiger partial charge in [0.05, 0.1) is 10.9 Å². The molecule has 0 spiro atoms. The number of nitrogens with one attached hydrogen (secondary N) is 1. The summed E-state index contributed by atoms with van der Waals surface area (Å²) in [4.78, 5) is 12.5. The number of rotatable bonds is 9. The molecule has 158 valence electrons. The fourth-order valence-corrected chi connectivity index (χ4v) is 5.22. The molecule has 0 heterocycles. The Morgan fingerprint density at radius 1 is 1.04 bits per heavy atom. The van der Waals surface area contributed by atoms with Crippen LogP contribution in [0.3, 0.4) is 0 Å². The number of amides is 1. The van der Waals surface area contributed by atoms with Gasteiger partial charge < -0.3 is 10.6 Å². The fraction of sp³-hybridized carbons (Fsp3) is 0.667. The maximum absolute atomic E-state index is 12.5. The summed E-state index contributed by atoms with van der Waals surface area (Å²) in [5.41, 5.74) is 0.901. The van der Waals surface area contributed by atoms with Crippen LogP contribution in [-0.2, 0) is 21.4 Å². The van der Waals surface area contributed by atoms with Gasteiger partial charge in [-0.3, -0.25) is 4.79 Å². The van der Waals surface area contributed by atoms with Gasteiger partial charge in [0, 0.05) is 19.6 Å². The number of quaternary nitrogens is 1. The van der Waals surface area contributed by atoms with Gasteiger partial charge in [-0.15, -0.1) is 0 Å². The monoisotopic (exact) mass is 410 g/mol. The molecule has 1 aromatic rings. The van der Waals surface area contributed by atoms with E-state index in [9.17, 15) is 13.2 Å². The van der Waals surface area contributed by atoms with Gasteiger partial charge in [0.1, 0.15) is 0 Å². The van der Waals surface area contributed by atoms with Crippen LogP contribution in [0.2, 0.25) is 0 Å². The Bertz CT molecular complexity index is 692. The lowest BCUT2D eigenvalue weighted by atomic mass is 9.97. The Kier molecular flexibility index (Phi) is 9.41. The first kappa shape index (κ1) is 22.8. The first-order valence-corrected chi connectivity index (χ1v) is 12.1. The zero-order valence-corrected chi connectivity index (χ0v) is 18.1. The Labute approximate surface area is 170 Å². The van der Waals surface area contributed by atoms with Crippen molar-refractivity contribution in [1.82, 2.24) is 9.62 Å². The molecule has 3 N–H and O–H groups in total. The van der Waals surface area contributed by atoms with E-state index in [4.69, 9.17) is 0 Å². The number of nitrogens with zero attached hydrogens (tertiary/aromatic N) is 1. The minimum atomic E-state index is -3.43. The molecule has 1 aliphatic carbocycles. The molecule has 0 saturated heterocycles. The van der Waals surface area contributed by atoms with Crippen molar-refractivity contribution < 1.29 is 18.5 Å². The number of carbonyl (C=O) groups excluding carboxylic acids is 1. The molecule has 0 aromatic heterocycles. The highest BCUT2D eigenvalue weighted by molar-refractivity contribution is 7.89. The highest BCUT2D eigenvalue weighted by atomic mass is 32.2. The van der Waals surface area contributed by atoms with E-state index in [1.165, 1.54) is 49.3 Å². The molecular weight excluding hydrogens is 374 g/mol. The zero-order valence-electron chi connectivity index (χ0n) is 17.3. The second kappa shape index (κ2) is 11.5. The van der Waals surface area contributed by atoms with Gasteiger partial charge in [-0.2, -0.15) is 4.31 Å². The van der Waals surface area contributed by atoms with Gasteiger partial charge in [0.15, 0.2) is 6.54 Å². The average molecular weight is 411 g/mol. The van der Waals surface area contributed by atoms with Crippen LogP contribution in [-0.4, -0.2) is 44.3 Å². The molecular formula is C21H36N3O3S+. The van der Waals surface area contributed by atoms with E-state index in [-0.39, 0.29) is 5.91 Å². The van der Waals surface area contributed by atoms with Crippen molar-refractivity contribution in [3.05, 3.63) is 29.8 Å². The van der Waals surface area contributed by atoms with E-state index >= 15 is 0 Å². The summed E-state index contributed by atoms with van der Waals surface area (Å²) in [5.74, 6) is 0.0295. The van der Waals surface area contributed by atoms with Crippen LogP contribution in [0, 0.1) is 0 Å². The SMILES string of the molecule is CCN(CC)S(=O)(=O)c1ccc(CNC(=O)C[NH2+]C2CCCCCCC2)cc1. The summed E-state index contributed by atoms with van der Waals surface area (Å²) in [6, 6.07) is 7.35. The molecule has 0 aliphatic heterocycles. The fourth-order valence-electron chi connectivity index (χ4n) is 3.76. The number of carbonyl (C=O) groups is 1. The van der Waals surface area contributed by atoms with Crippen molar-refractivity contribution in [1.29, 1.82) is 0 Å². The number of hydrogen-bond acceptors (Lipinski definition) is 3. The van der Waals surface area contributed by atoms with E-state index in [1.807, 2.05) is 13.8 Å². The Morgan fingerprint density at radius 2 is 1.61 bits per heavy atom. The van der Waals surface area contributed by atoms with Crippen LogP contribution in [0.1, 0.15) is 64.4 Å². The Hall–Kier alpha value is -1.44. The normalized spacial score (nSPS) is 16.5. The number of benzene rings is 1. The molecule has 0 unspecified atom stereocenters. The Morgan fingerprint density at radius 3 is 2.18 bits per heavy atom. The van der Waals surface area contributed by atoms with Crippen LogP contribution in [0.4, 0.5) is 0 Å². The predicted molar refractivity (Wildman–Crippen MR) is 111 cm³/mol. The second-order valence-electron chi connectivity index (χ2n) is 7.56. The summed E-state index contributed by atoms with van der Waals surface area (Å²) in [5, 5.41) is 5.12. The molecule has 1 aromatic carbocycles. The summed E-state index contributed by atoms with van der Waals surface area (Å²) in [7, 11) is -3.43. The van der Waals surface area contributed by atoms with Crippen LogP contribution in [0.5, 0.6) is 0 Å². The molecule has 1 aliphatic rings. The lowest BCUT2D eigenvalue weighted by Gasteiger charge is -2.18. The highest BCUT2D eigenvalue weighted by Gasteiger charge is 2.21. The number of nitrogens with two attached hydrogens (primary N) is 1. The minimum absolute atomic E-state index is 0.0295. The van der Waals surface area contributed by atoms with Crippen molar-refractivity contribution in [2.24, 2.45) is 0 Å². The van der Waals surface area contributed by atoms with Gasteiger partial charge in [-0.05, 0) is 43.4 Å². The summed E-state index contributed by atoms with van der Waals surface area (Å²) in [6.07, 6.45) is 8.93. The molecule has 1 amide bonds. The molecule has 28 heavy (non-hydrogen) atoms. The number of hydrogen-bond donors (Lipinski definition) is 2. The molecule has 6 nitrogen and oxygen atoms in total. The molecule has 0 radical (unpaired) electrons. The molecule has 7 heteroatoms. The lowest BCUT2D eigenvalue weighted by Crippen LogP contribution is -2.92. The lowest BCUT2D eigenvalue weighted by molar-refractivity contribution is -0.680. The third-order valence-electron chi connectivity index (χ3n) is 5.54. The third-order valence-corrected chi connectivity index (χ3v) is 7.61. The van der Waals surface area contributed by atoms with E-state index in [2.05, 4.69) is 10.6 Å². The first-order valence-electron chi connectivity index (χ1n) is 10.7. The molecule has 1 saturated carbocycles. The van der Waals surface area contributed by atoms with Gasteiger partial charge in [0.25, 0.3) is 5.91 Å². The second-order valence-corrected chi connectivity index (χ2v) is 9.49. The van der Waals surface area contributed by atoms with E-state index in [0.717, 1.165) is 5.56 Å². The topological polar surface area (TPSA) is 83.1 Å². The summed E-state index contributed by atoms with van der Waals surface area (Å²) < 4.78 is 26.5. The number of sulfonamides is 1. The zero-order chi connectivity index (χ0) is 20.4. The maximum Gasteiger partial charge on any atom is 0.275 e. The molecule has 0 bridgehead atoms. The van der Waals surface area contributed by atoms with Crippen molar-refractivity contribution in [2.45, 2.75) is 76.3 Å². The maximum atomic E-state index is 12.5. The highest BCUT2D eigenvalue weighted by Crippen LogP contribution is 2.16. The van der Waals surface area contributed by atoms with Gasteiger partial charge in [-0.25, -0.2) is 8.42 Å². The van der Waals surface area contributed by atoms with Crippen LogP contribution < -0.4 is 10.6 Å². The van der Waals surface area contributed by atoms with Gasteiger partial charge >= 0.3 is 0 Å². The first-order chi connectivity index (χ1) is 13.5. The van der Waals surface area contributed by atoms with E-state index in [0.29, 0.717) is 37.1 Å². The van der Waals surface area contributed by atoms with Crippen molar-refractivity contribution in [3.8, 4) is 0 Å². The largest absolute Gasteiger partial charge is 0.347 e. The van der Waals surface area contributed by atoms with Crippen LogP contribution >= 0.6 is 0 Å². The third kappa shape index (κ3) is 6.87. The van der Waals surface area contributed by atoms with E-state index < -0.39 is 10.0 Å². The smallest absolute Gasteiger partial charge is 0.275 e. The minimum Gasteiger partial charge on any atom is -0.347 e. The molecule has 1 fully saturated rings. The van der Waals surface area contributed by atoms with Crippen LogP contribution in [0.25, 0.3) is 0 Å². The average Bonchev–Trinajstić information content (AvgIpc) is 2.66. The van der Waals surface area contributed by atoms with Crippen molar-refractivity contribution in [3.63, 3.8) is 0 Å². The molecule has 2 rings (SSSR count). The quantitative estimate of drug-likeness (QED) is 0.653. The van der Waals surface area contributed by atoms with Gasteiger partial charge in [0.2, 0.25) is 10.0 Å². The van der Waals surface area contributed by atoms with Gasteiger partial charge in [-0.1, -0.05) is 45.2 Å². The van der Waals surface area contributed by atoms with Crippen molar-refractivity contribution in [2.75, 3.05) is 19.6 Å². The van der Waals surface area contributed by atoms with E-state index in [1.54, 1.807) is 24.3 Å². The summed E-state index contributed by atoms with van der Waals surface area (Å²) >= 11 is 0. The molecule has 0 atom stereocenters. The Balaban J connectivity index is 1.80. The summed E-state index contributed by atoms with van der Waals surface area (Å²) in [6.45, 7) is 5.45.